The Morgan fingerprint density at radius 1 is 0.269 bits per heavy atom. The lowest BCUT2D eigenvalue weighted by Crippen LogP contribution is -2.30. The Hall–Kier alpha value is -1.94. The second-order valence-electron chi connectivity index (χ2n) is 32.0. The van der Waals surface area contributed by atoms with Crippen LogP contribution in [0.3, 0.4) is 0 Å². The maximum Gasteiger partial charge on any atom is 0.472 e. The van der Waals surface area contributed by atoms with Gasteiger partial charge in [0.15, 0.2) is 12.2 Å². The summed E-state index contributed by atoms with van der Waals surface area (Å²) in [5.41, 5.74) is 0. The molecule has 19 heteroatoms. The van der Waals surface area contributed by atoms with Gasteiger partial charge in [-0.3, -0.25) is 37.3 Å². The molecule has 0 fully saturated rings. The van der Waals surface area contributed by atoms with Gasteiger partial charge in [-0.15, -0.1) is 0 Å². The first-order chi connectivity index (χ1) is 50.2. The van der Waals surface area contributed by atoms with E-state index in [9.17, 15) is 43.2 Å². The lowest BCUT2D eigenvalue weighted by atomic mass is 9.99. The van der Waals surface area contributed by atoms with Crippen LogP contribution in [-0.4, -0.2) is 96.7 Å². The van der Waals surface area contributed by atoms with E-state index in [1.165, 1.54) is 238 Å². The van der Waals surface area contributed by atoms with Gasteiger partial charge in [0, 0.05) is 25.7 Å². The van der Waals surface area contributed by atoms with Crippen molar-refractivity contribution in [3.63, 3.8) is 0 Å². The number of carbonyl (C=O) groups is 4. The zero-order valence-electron chi connectivity index (χ0n) is 68.7. The number of phosphoric acid groups is 2. The van der Waals surface area contributed by atoms with Crippen LogP contribution >= 0.6 is 15.6 Å². The number of aliphatic hydroxyl groups excluding tert-OH is 1. The summed E-state index contributed by atoms with van der Waals surface area (Å²) in [6, 6.07) is 0. The normalized spacial score (nSPS) is 14.5. The van der Waals surface area contributed by atoms with Crippen LogP contribution < -0.4 is 0 Å². The number of phosphoric ester groups is 2. The molecule has 0 saturated carbocycles. The lowest BCUT2D eigenvalue weighted by molar-refractivity contribution is -0.161. The molecule has 0 rings (SSSR count). The smallest absolute Gasteiger partial charge is 0.462 e. The Balaban J connectivity index is 5.17. The number of unbranched alkanes of at least 4 members (excludes halogenated alkanes) is 46. The number of hydrogen-bond donors (Lipinski definition) is 3. The van der Waals surface area contributed by atoms with Crippen molar-refractivity contribution in [2.24, 2.45) is 23.7 Å². The number of ether oxygens (including phenoxy) is 4. The average molecular weight is 1520 g/mol. The molecule has 0 bridgehead atoms. The highest BCUT2D eigenvalue weighted by atomic mass is 31.2. The number of carbonyl (C=O) groups excluding carboxylic acids is 4. The Kier molecular flexibility index (Phi) is 72.5. The van der Waals surface area contributed by atoms with Crippen molar-refractivity contribution in [3.05, 3.63) is 0 Å². The van der Waals surface area contributed by atoms with E-state index in [0.717, 1.165) is 114 Å². The van der Waals surface area contributed by atoms with Gasteiger partial charge in [-0.05, 0) is 49.4 Å². The molecule has 618 valence electrons. The molecule has 0 radical (unpaired) electrons. The molecule has 0 aliphatic rings. The zero-order valence-corrected chi connectivity index (χ0v) is 70.5. The topological polar surface area (TPSA) is 237 Å². The third kappa shape index (κ3) is 75.5. The van der Waals surface area contributed by atoms with Crippen LogP contribution in [0.25, 0.3) is 0 Å². The molecule has 5 unspecified atom stereocenters. The molecule has 0 saturated heterocycles. The first-order valence-electron chi connectivity index (χ1n) is 43.8. The van der Waals surface area contributed by atoms with Crippen molar-refractivity contribution in [3.8, 4) is 0 Å². The quantitative estimate of drug-likeness (QED) is 0.0222. The van der Waals surface area contributed by atoms with Crippen molar-refractivity contribution < 1.29 is 80.2 Å². The molecule has 0 heterocycles. The van der Waals surface area contributed by atoms with Gasteiger partial charge in [-0.25, -0.2) is 9.13 Å². The third-order valence-corrected chi connectivity index (χ3v) is 22.4. The van der Waals surface area contributed by atoms with E-state index in [2.05, 4.69) is 55.4 Å². The molecule has 7 atom stereocenters. The monoisotopic (exact) mass is 1520 g/mol. The molecular weight excluding hydrogens is 1350 g/mol. The molecule has 0 spiro atoms. The van der Waals surface area contributed by atoms with Crippen molar-refractivity contribution in [2.45, 2.75) is 459 Å². The molecule has 3 N–H and O–H groups in total. The second-order valence-corrected chi connectivity index (χ2v) is 34.9. The van der Waals surface area contributed by atoms with Crippen LogP contribution in [0.1, 0.15) is 441 Å². The summed E-state index contributed by atoms with van der Waals surface area (Å²) in [4.78, 5) is 73.1. The summed E-state index contributed by atoms with van der Waals surface area (Å²) in [6.45, 7) is 14.3. The summed E-state index contributed by atoms with van der Waals surface area (Å²) in [7, 11) is -9.93. The molecule has 0 aliphatic carbocycles. The van der Waals surface area contributed by atoms with E-state index in [-0.39, 0.29) is 25.7 Å². The number of aliphatic hydroxyl groups is 1. The van der Waals surface area contributed by atoms with E-state index in [0.29, 0.717) is 31.6 Å². The van der Waals surface area contributed by atoms with Gasteiger partial charge in [0.2, 0.25) is 0 Å². The Morgan fingerprint density at radius 2 is 0.462 bits per heavy atom. The zero-order chi connectivity index (χ0) is 76.7. The summed E-state index contributed by atoms with van der Waals surface area (Å²) in [5, 5.41) is 10.7. The minimum Gasteiger partial charge on any atom is -0.462 e. The molecule has 0 amide bonds. The van der Waals surface area contributed by atoms with Crippen molar-refractivity contribution in [1.29, 1.82) is 0 Å². The van der Waals surface area contributed by atoms with Crippen LogP contribution in [0.5, 0.6) is 0 Å². The van der Waals surface area contributed by atoms with E-state index in [1.54, 1.807) is 0 Å². The number of esters is 4. The molecular formula is C85H166O17P2. The maximum atomic E-state index is 13.1. The van der Waals surface area contributed by atoms with Crippen LogP contribution in [-0.2, 0) is 65.4 Å². The molecule has 0 aromatic heterocycles. The van der Waals surface area contributed by atoms with Crippen molar-refractivity contribution >= 4 is 39.5 Å². The third-order valence-electron chi connectivity index (χ3n) is 20.5. The van der Waals surface area contributed by atoms with Gasteiger partial charge in [0.1, 0.15) is 19.3 Å². The van der Waals surface area contributed by atoms with Gasteiger partial charge in [0.05, 0.1) is 26.4 Å². The largest absolute Gasteiger partial charge is 0.472 e. The first-order valence-corrected chi connectivity index (χ1v) is 46.8. The number of rotatable bonds is 82. The van der Waals surface area contributed by atoms with E-state index in [1.807, 2.05) is 0 Å². The lowest BCUT2D eigenvalue weighted by Gasteiger charge is -2.21. The average Bonchev–Trinajstić information content (AvgIpc) is 0.909. The molecule has 0 aromatic carbocycles. The Bertz CT molecular complexity index is 2030. The molecule has 104 heavy (non-hydrogen) atoms. The highest BCUT2D eigenvalue weighted by Crippen LogP contribution is 2.45. The minimum absolute atomic E-state index is 0.106. The second kappa shape index (κ2) is 73.8. The molecule has 17 nitrogen and oxygen atoms in total. The van der Waals surface area contributed by atoms with E-state index >= 15 is 0 Å². The Morgan fingerprint density at radius 3 is 0.683 bits per heavy atom. The summed E-state index contributed by atoms with van der Waals surface area (Å²) in [5.74, 6) is 1.05. The maximum absolute atomic E-state index is 13.1. The fraction of sp³-hybridized carbons (Fsp3) is 0.953. The fourth-order valence-electron chi connectivity index (χ4n) is 13.1. The van der Waals surface area contributed by atoms with Crippen LogP contribution in [0.4, 0.5) is 0 Å². The summed E-state index contributed by atoms with van der Waals surface area (Å²) < 4.78 is 68.8. The van der Waals surface area contributed by atoms with Gasteiger partial charge in [0.25, 0.3) is 0 Å². The van der Waals surface area contributed by atoms with Crippen LogP contribution in [0.15, 0.2) is 0 Å². The fourth-order valence-corrected chi connectivity index (χ4v) is 14.7. The first kappa shape index (κ1) is 102. The molecule has 0 aliphatic heterocycles. The standard InChI is InChI=1S/C85H166O17P2/c1-9-77(7)63-55-47-38-32-26-22-18-13-11-12-14-19-23-27-34-40-49-57-65-82(87)95-71-80(101-85(90)68-60-52-42-36-30-29-33-39-48-56-64-78(8)10-2)73-99-103(91,92)97-69-79(86)70-98-104(93,94)100-74-81(72-96-83(88)66-58-50-44-43-46-54-62-76(5)6)102-84(89)67-59-51-41-35-28-24-20-16-15-17-21-25-31-37-45-53-61-75(3)4/h75-81,86H,9-74H2,1-8H3,(H,91,92)(H,93,94)/t77?,78?,79?,80-,81-/m1/s1. The van der Waals surface area contributed by atoms with Gasteiger partial charge in [-0.1, -0.05) is 389 Å². The molecule has 0 aromatic rings. The van der Waals surface area contributed by atoms with E-state index < -0.39 is 97.5 Å². The highest BCUT2D eigenvalue weighted by molar-refractivity contribution is 7.47. The van der Waals surface area contributed by atoms with E-state index in [4.69, 9.17) is 37.0 Å². The SMILES string of the molecule is CCC(C)CCCCCCCCCCCCCCCCCCCCC(=O)OC[C@H](COP(=O)(O)OCC(O)COP(=O)(O)OC[C@@H](COC(=O)CCCCCCCCC(C)C)OC(=O)CCCCCCCCCCCCCCCCCCC(C)C)OC(=O)CCCCCCCCCCCCC(C)CC. The highest BCUT2D eigenvalue weighted by Gasteiger charge is 2.30. The van der Waals surface area contributed by atoms with Crippen molar-refractivity contribution in [1.82, 2.24) is 0 Å². The van der Waals surface area contributed by atoms with Crippen LogP contribution in [0.2, 0.25) is 0 Å². The van der Waals surface area contributed by atoms with Gasteiger partial charge < -0.3 is 33.8 Å². The van der Waals surface area contributed by atoms with Crippen molar-refractivity contribution in [2.75, 3.05) is 39.6 Å². The number of hydrogen-bond acceptors (Lipinski definition) is 15. The summed E-state index contributed by atoms with van der Waals surface area (Å²) >= 11 is 0. The summed E-state index contributed by atoms with van der Waals surface area (Å²) in [6.07, 6.45) is 62.6. The predicted octanol–water partition coefficient (Wildman–Crippen LogP) is 25.6. The predicted molar refractivity (Wildman–Crippen MR) is 428 cm³/mol. The Labute approximate surface area is 638 Å². The van der Waals surface area contributed by atoms with Gasteiger partial charge >= 0.3 is 39.5 Å². The van der Waals surface area contributed by atoms with Gasteiger partial charge in [-0.2, -0.15) is 0 Å². The van der Waals surface area contributed by atoms with Crippen LogP contribution in [0, 0.1) is 23.7 Å². The minimum atomic E-state index is -4.96.